The van der Waals surface area contributed by atoms with E-state index in [1.165, 1.54) is 0 Å². The van der Waals surface area contributed by atoms with Gasteiger partial charge in [0.25, 0.3) is 0 Å². The Bertz CT molecular complexity index is 1290. The summed E-state index contributed by atoms with van der Waals surface area (Å²) in [6.07, 6.45) is 3.67. The molecule has 1 aliphatic heterocycles. The van der Waals surface area contributed by atoms with Gasteiger partial charge < -0.3 is 24.3 Å². The Hall–Kier alpha value is -4.12. The fraction of sp³-hybridized carbons (Fsp3) is 0.143. The molecule has 2 heterocycles. The number of allylic oxidation sites excluding steroid dienone is 1. The Labute approximate surface area is 192 Å². The number of aromatic nitrogens is 1. The quantitative estimate of drug-likeness (QED) is 0.384. The fourth-order valence-corrected chi connectivity index (χ4v) is 4.24. The lowest BCUT2D eigenvalue weighted by atomic mass is 9.86. The van der Waals surface area contributed by atoms with E-state index in [0.717, 1.165) is 40.1 Å². The van der Waals surface area contributed by atoms with E-state index >= 15 is 0 Å². The molecule has 0 spiro atoms. The molecule has 5 nitrogen and oxygen atoms in total. The number of benzene rings is 3. The topological polar surface area (TPSA) is 63.9 Å². The van der Waals surface area contributed by atoms with E-state index in [4.69, 9.17) is 9.47 Å². The molecule has 1 aliphatic rings. The second-order valence-electron chi connectivity index (χ2n) is 8.11. The standard InChI is InChI=1S/C28H25NO4/c1-19-25-18-23(31)9-12-26(25)33-28(27(19)21-5-4-6-22(30)17-21)20-7-10-24(11-8-20)32-16-15-29-13-2-3-14-29/h2-14,17-18,28,30-31H,15-16H2,1H3. The number of hydrogen-bond donors (Lipinski definition) is 2. The molecular weight excluding hydrogens is 414 g/mol. The van der Waals surface area contributed by atoms with Crippen LogP contribution in [0.15, 0.2) is 91.3 Å². The highest BCUT2D eigenvalue weighted by Crippen LogP contribution is 2.47. The molecule has 5 rings (SSSR count). The highest BCUT2D eigenvalue weighted by molar-refractivity contribution is 5.95. The van der Waals surface area contributed by atoms with Gasteiger partial charge in [-0.1, -0.05) is 24.3 Å². The molecule has 0 bridgehead atoms. The van der Waals surface area contributed by atoms with Crippen LogP contribution in [-0.2, 0) is 6.54 Å². The van der Waals surface area contributed by atoms with Crippen molar-refractivity contribution in [2.45, 2.75) is 19.6 Å². The molecule has 0 saturated carbocycles. The Kier molecular flexibility index (Phi) is 5.53. The van der Waals surface area contributed by atoms with E-state index in [1.807, 2.05) is 67.8 Å². The van der Waals surface area contributed by atoms with Crippen LogP contribution in [0.4, 0.5) is 0 Å². The zero-order valence-corrected chi connectivity index (χ0v) is 18.3. The monoisotopic (exact) mass is 439 g/mol. The lowest BCUT2D eigenvalue weighted by Crippen LogP contribution is -2.16. The van der Waals surface area contributed by atoms with Gasteiger partial charge in [-0.2, -0.15) is 0 Å². The molecule has 0 amide bonds. The van der Waals surface area contributed by atoms with Crippen LogP contribution in [0.5, 0.6) is 23.0 Å². The van der Waals surface area contributed by atoms with Crippen molar-refractivity contribution in [3.63, 3.8) is 0 Å². The SMILES string of the molecule is CC1=C(c2cccc(O)c2)C(c2ccc(OCCn3cccc3)cc2)Oc2ccc(O)cc21. The molecule has 33 heavy (non-hydrogen) atoms. The molecule has 0 aliphatic carbocycles. The molecule has 1 atom stereocenters. The molecule has 2 N–H and O–H groups in total. The van der Waals surface area contributed by atoms with Crippen LogP contribution in [0, 0.1) is 0 Å². The number of nitrogens with zero attached hydrogens (tertiary/aromatic N) is 1. The first-order valence-corrected chi connectivity index (χ1v) is 10.9. The normalized spacial score (nSPS) is 15.1. The molecule has 1 unspecified atom stereocenters. The van der Waals surface area contributed by atoms with Gasteiger partial charge in [-0.25, -0.2) is 0 Å². The summed E-state index contributed by atoms with van der Waals surface area (Å²) < 4.78 is 14.4. The van der Waals surface area contributed by atoms with Gasteiger partial charge in [-0.05, 0) is 78.2 Å². The second-order valence-corrected chi connectivity index (χ2v) is 8.11. The van der Waals surface area contributed by atoms with Crippen molar-refractivity contribution >= 4 is 11.1 Å². The van der Waals surface area contributed by atoms with Gasteiger partial charge in [0.2, 0.25) is 0 Å². The van der Waals surface area contributed by atoms with Gasteiger partial charge in [-0.3, -0.25) is 0 Å². The molecule has 4 aromatic rings. The lowest BCUT2D eigenvalue weighted by Gasteiger charge is -2.31. The van der Waals surface area contributed by atoms with Crippen molar-refractivity contribution in [2.24, 2.45) is 0 Å². The van der Waals surface area contributed by atoms with Crippen LogP contribution in [-0.4, -0.2) is 21.4 Å². The predicted molar refractivity (Wildman–Crippen MR) is 128 cm³/mol. The number of hydrogen-bond acceptors (Lipinski definition) is 4. The third kappa shape index (κ3) is 4.30. The van der Waals surface area contributed by atoms with Crippen molar-refractivity contribution in [3.8, 4) is 23.0 Å². The Morgan fingerprint density at radius 2 is 1.64 bits per heavy atom. The number of fused-ring (bicyclic) bond motifs is 1. The van der Waals surface area contributed by atoms with Crippen LogP contribution in [0.25, 0.3) is 11.1 Å². The van der Waals surface area contributed by atoms with Crippen LogP contribution in [0.2, 0.25) is 0 Å². The first kappa shape index (κ1) is 20.8. The Balaban J connectivity index is 1.45. The minimum atomic E-state index is -0.363. The van der Waals surface area contributed by atoms with E-state index in [2.05, 4.69) is 4.57 Å². The second kappa shape index (κ2) is 8.79. The molecular formula is C28H25NO4. The average Bonchev–Trinajstić information content (AvgIpc) is 3.33. The first-order valence-electron chi connectivity index (χ1n) is 10.9. The van der Waals surface area contributed by atoms with Crippen LogP contribution in [0.1, 0.15) is 29.7 Å². The largest absolute Gasteiger partial charge is 0.508 e. The average molecular weight is 440 g/mol. The summed E-state index contributed by atoms with van der Waals surface area (Å²) in [6, 6.07) is 24.2. The molecule has 5 heteroatoms. The van der Waals surface area contributed by atoms with Gasteiger partial charge in [-0.15, -0.1) is 0 Å². The van der Waals surface area contributed by atoms with Gasteiger partial charge in [0, 0.05) is 23.5 Å². The maximum absolute atomic E-state index is 10.1. The maximum atomic E-state index is 10.1. The van der Waals surface area contributed by atoms with Crippen molar-refractivity contribution in [1.29, 1.82) is 0 Å². The van der Waals surface area contributed by atoms with Crippen molar-refractivity contribution in [1.82, 2.24) is 4.57 Å². The van der Waals surface area contributed by atoms with E-state index in [0.29, 0.717) is 12.4 Å². The van der Waals surface area contributed by atoms with Crippen LogP contribution < -0.4 is 9.47 Å². The van der Waals surface area contributed by atoms with E-state index in [9.17, 15) is 10.2 Å². The summed E-state index contributed by atoms with van der Waals surface area (Å²) in [5.41, 5.74) is 4.64. The molecule has 0 saturated heterocycles. The molecule has 1 aromatic heterocycles. The van der Waals surface area contributed by atoms with Gasteiger partial charge >= 0.3 is 0 Å². The molecule has 3 aromatic carbocycles. The van der Waals surface area contributed by atoms with Gasteiger partial charge in [0.1, 0.15) is 35.7 Å². The van der Waals surface area contributed by atoms with E-state index < -0.39 is 0 Å². The van der Waals surface area contributed by atoms with Gasteiger partial charge in [0.15, 0.2) is 0 Å². The predicted octanol–water partition coefficient (Wildman–Crippen LogP) is 6.04. The summed E-state index contributed by atoms with van der Waals surface area (Å²) in [6.45, 7) is 3.39. The molecule has 166 valence electrons. The first-order chi connectivity index (χ1) is 16.1. The highest BCUT2D eigenvalue weighted by Gasteiger charge is 2.29. The molecule has 0 fully saturated rings. The Morgan fingerprint density at radius 3 is 2.39 bits per heavy atom. The number of ether oxygens (including phenoxy) is 2. The zero-order valence-electron chi connectivity index (χ0n) is 18.3. The van der Waals surface area contributed by atoms with E-state index in [-0.39, 0.29) is 17.6 Å². The number of aromatic hydroxyl groups is 2. The summed E-state index contributed by atoms with van der Waals surface area (Å²) in [5.74, 6) is 1.89. The minimum absolute atomic E-state index is 0.187. The number of phenols is 2. The lowest BCUT2D eigenvalue weighted by molar-refractivity contribution is 0.259. The van der Waals surface area contributed by atoms with Crippen LogP contribution >= 0.6 is 0 Å². The fourth-order valence-electron chi connectivity index (χ4n) is 4.24. The third-order valence-electron chi connectivity index (χ3n) is 5.90. The summed E-state index contributed by atoms with van der Waals surface area (Å²) in [7, 11) is 0. The van der Waals surface area contributed by atoms with Crippen LogP contribution in [0.3, 0.4) is 0 Å². The van der Waals surface area contributed by atoms with Crippen molar-refractivity contribution in [2.75, 3.05) is 6.61 Å². The van der Waals surface area contributed by atoms with Gasteiger partial charge in [0.05, 0.1) is 6.54 Å². The number of rotatable bonds is 6. The minimum Gasteiger partial charge on any atom is -0.508 e. The summed E-state index contributed by atoms with van der Waals surface area (Å²) in [4.78, 5) is 0. The van der Waals surface area contributed by atoms with Crippen molar-refractivity contribution in [3.05, 3.63) is 108 Å². The molecule has 0 radical (unpaired) electrons. The summed E-state index contributed by atoms with van der Waals surface area (Å²) in [5, 5.41) is 20.1. The zero-order chi connectivity index (χ0) is 22.8. The smallest absolute Gasteiger partial charge is 0.150 e. The maximum Gasteiger partial charge on any atom is 0.150 e. The highest BCUT2D eigenvalue weighted by atomic mass is 16.5. The third-order valence-corrected chi connectivity index (χ3v) is 5.90. The van der Waals surface area contributed by atoms with Crippen molar-refractivity contribution < 1.29 is 19.7 Å². The summed E-state index contributed by atoms with van der Waals surface area (Å²) >= 11 is 0. The van der Waals surface area contributed by atoms with E-state index in [1.54, 1.807) is 30.3 Å². The Morgan fingerprint density at radius 1 is 0.879 bits per heavy atom. The number of phenolic OH excluding ortho intramolecular Hbond substituents is 2.